The predicted octanol–water partition coefficient (Wildman–Crippen LogP) is 1.03. The van der Waals surface area contributed by atoms with E-state index in [1.807, 2.05) is 0 Å². The van der Waals surface area contributed by atoms with Crippen LogP contribution < -0.4 is 0 Å². The van der Waals surface area contributed by atoms with E-state index in [0.29, 0.717) is 10.6 Å². The molecular weight excluding hydrogens is 302 g/mol. The van der Waals surface area contributed by atoms with Crippen molar-refractivity contribution < 1.29 is 28.8 Å². The molecule has 1 aromatic carbocycles. The molecule has 8 heteroatoms. The van der Waals surface area contributed by atoms with Gasteiger partial charge in [-0.25, -0.2) is 4.79 Å². The number of ether oxygens (including phenoxy) is 2. The van der Waals surface area contributed by atoms with Crippen molar-refractivity contribution in [2.24, 2.45) is 0 Å². The van der Waals surface area contributed by atoms with Gasteiger partial charge in [0.25, 0.3) is 0 Å². The van der Waals surface area contributed by atoms with Gasteiger partial charge in [0.2, 0.25) is 0 Å². The maximum atomic E-state index is 11.8. The highest BCUT2D eigenvalue weighted by Crippen LogP contribution is 2.31. The van der Waals surface area contributed by atoms with E-state index in [4.69, 9.17) is 16.4 Å². The first-order chi connectivity index (χ1) is 9.99. The second-order valence-electron chi connectivity index (χ2n) is 4.21. The molecule has 1 aromatic rings. The normalized spacial score (nSPS) is 20.9. The molecule has 0 N–H and O–H groups in total. The molecule has 0 bridgehead atoms. The van der Waals surface area contributed by atoms with Crippen molar-refractivity contribution in [3.63, 3.8) is 0 Å². The summed E-state index contributed by atoms with van der Waals surface area (Å²) in [5, 5.41) is 12.3. The first kappa shape index (κ1) is 15.1. The van der Waals surface area contributed by atoms with Gasteiger partial charge in [-0.15, -0.1) is 0 Å². The molecule has 0 unspecified atom stereocenters. The van der Waals surface area contributed by atoms with Gasteiger partial charge in [-0.2, -0.15) is 0 Å². The Balaban J connectivity index is 2.48. The molecule has 0 spiro atoms. The van der Waals surface area contributed by atoms with E-state index in [9.17, 15) is 14.8 Å². The molecule has 1 aliphatic heterocycles. The van der Waals surface area contributed by atoms with Crippen LogP contribution in [0.5, 0.6) is 0 Å². The zero-order valence-electron chi connectivity index (χ0n) is 11.2. The molecule has 0 fully saturated rings. The van der Waals surface area contributed by atoms with Crippen LogP contribution in [0, 0.1) is 5.21 Å². The second-order valence-corrected chi connectivity index (χ2v) is 4.65. The molecule has 0 saturated carbocycles. The van der Waals surface area contributed by atoms with E-state index in [1.54, 1.807) is 24.3 Å². The highest BCUT2D eigenvalue weighted by molar-refractivity contribution is 6.37. The third kappa shape index (κ3) is 2.78. The maximum Gasteiger partial charge on any atom is 0.405 e. The number of hydrogen-bond acceptors (Lipinski definition) is 6. The summed E-state index contributed by atoms with van der Waals surface area (Å²) in [5.41, 5.74) is 0.184. The lowest BCUT2D eigenvalue weighted by atomic mass is 9.89. The standard InChI is InChI=1S/C13H12ClNO6/c1-19-12(16)10-9(7-3-5-8(14)6-4-7)11(13(17)20-2)21-15(10)18/h3-6,9,11H,1-2H3/t9-,11-/m0/s1. The summed E-state index contributed by atoms with van der Waals surface area (Å²) in [4.78, 5) is 28.4. The minimum absolute atomic E-state index is 0.00725. The van der Waals surface area contributed by atoms with E-state index in [2.05, 4.69) is 9.47 Å². The number of benzene rings is 1. The number of halogens is 1. The van der Waals surface area contributed by atoms with Gasteiger partial charge in [-0.05, 0) is 17.7 Å². The molecule has 2 atom stereocenters. The van der Waals surface area contributed by atoms with Crippen molar-refractivity contribution in [2.75, 3.05) is 14.2 Å². The van der Waals surface area contributed by atoms with Gasteiger partial charge in [0.15, 0.2) is 6.10 Å². The second kappa shape index (κ2) is 6.01. The van der Waals surface area contributed by atoms with Crippen molar-refractivity contribution in [1.82, 2.24) is 0 Å². The van der Waals surface area contributed by atoms with E-state index < -0.39 is 24.0 Å². The Hall–Kier alpha value is -2.28. The van der Waals surface area contributed by atoms with Gasteiger partial charge in [0.1, 0.15) is 5.92 Å². The average Bonchev–Trinajstić information content (AvgIpc) is 2.84. The zero-order chi connectivity index (χ0) is 15.6. The molecule has 0 radical (unpaired) electrons. The lowest BCUT2D eigenvalue weighted by Crippen LogP contribution is -2.33. The molecule has 0 aliphatic carbocycles. The van der Waals surface area contributed by atoms with Crippen LogP contribution in [0.1, 0.15) is 11.5 Å². The summed E-state index contributed by atoms with van der Waals surface area (Å²) in [6.45, 7) is 0. The summed E-state index contributed by atoms with van der Waals surface area (Å²) in [7, 11) is 2.30. The molecule has 0 saturated heterocycles. The van der Waals surface area contributed by atoms with Crippen molar-refractivity contribution in [1.29, 1.82) is 0 Å². The van der Waals surface area contributed by atoms with E-state index in [1.165, 1.54) is 0 Å². The fourth-order valence-electron chi connectivity index (χ4n) is 2.08. The Morgan fingerprint density at radius 2 is 1.86 bits per heavy atom. The number of methoxy groups -OCH3 is 2. The van der Waals surface area contributed by atoms with Crippen LogP contribution in [-0.4, -0.2) is 42.9 Å². The Bertz CT molecular complexity index is 597. The third-order valence-corrected chi connectivity index (χ3v) is 3.31. The Kier molecular flexibility index (Phi) is 4.32. The minimum atomic E-state index is -1.26. The molecule has 1 aliphatic rings. The molecule has 7 nitrogen and oxygen atoms in total. The van der Waals surface area contributed by atoms with Crippen LogP contribution >= 0.6 is 11.6 Å². The highest BCUT2D eigenvalue weighted by atomic mass is 35.5. The van der Waals surface area contributed by atoms with Gasteiger partial charge in [-0.1, -0.05) is 23.7 Å². The highest BCUT2D eigenvalue weighted by Gasteiger charge is 2.50. The van der Waals surface area contributed by atoms with E-state index in [-0.39, 0.29) is 10.6 Å². The Labute approximate surface area is 125 Å². The van der Waals surface area contributed by atoms with Crippen LogP contribution in [-0.2, 0) is 23.9 Å². The SMILES string of the molecule is COC(=O)C1=[N+]([O-])O[C@H](C(=O)OC)[C@H]1c1ccc(Cl)cc1. The zero-order valence-corrected chi connectivity index (χ0v) is 12.0. The Morgan fingerprint density at radius 1 is 1.24 bits per heavy atom. The van der Waals surface area contributed by atoms with Gasteiger partial charge < -0.3 is 14.3 Å². The minimum Gasteiger partial charge on any atom is -0.468 e. The summed E-state index contributed by atoms with van der Waals surface area (Å²) in [6.07, 6.45) is -1.26. The van der Waals surface area contributed by atoms with Crippen molar-refractivity contribution >= 4 is 29.3 Å². The number of rotatable bonds is 3. The van der Waals surface area contributed by atoms with E-state index in [0.717, 1.165) is 14.2 Å². The number of nitrogens with zero attached hydrogens (tertiary/aromatic N) is 1. The fourth-order valence-corrected chi connectivity index (χ4v) is 2.21. The van der Waals surface area contributed by atoms with Crippen molar-refractivity contribution in [3.8, 4) is 0 Å². The van der Waals surface area contributed by atoms with Crippen LogP contribution in [0.25, 0.3) is 0 Å². The lowest BCUT2D eigenvalue weighted by Gasteiger charge is -2.16. The molecule has 0 aromatic heterocycles. The van der Waals surface area contributed by atoms with Crippen molar-refractivity contribution in [2.45, 2.75) is 12.0 Å². The van der Waals surface area contributed by atoms with Crippen LogP contribution in [0.4, 0.5) is 0 Å². The summed E-state index contributed by atoms with van der Waals surface area (Å²) >= 11 is 5.81. The molecule has 0 amide bonds. The maximum absolute atomic E-state index is 11.8. The molecule has 2 rings (SSSR count). The molecule has 1 heterocycles. The summed E-state index contributed by atoms with van der Waals surface area (Å²) in [5.74, 6) is -2.58. The monoisotopic (exact) mass is 313 g/mol. The number of carbonyl (C=O) groups is 2. The van der Waals surface area contributed by atoms with E-state index >= 15 is 0 Å². The molecular formula is C13H12ClNO6. The van der Waals surface area contributed by atoms with Gasteiger partial charge in [0.05, 0.1) is 19.1 Å². The van der Waals surface area contributed by atoms with Gasteiger partial charge in [-0.3, -0.25) is 10.0 Å². The predicted molar refractivity (Wildman–Crippen MR) is 71.7 cm³/mol. The number of carbonyl (C=O) groups excluding carboxylic acids is 2. The van der Waals surface area contributed by atoms with Crippen LogP contribution in [0.2, 0.25) is 5.02 Å². The van der Waals surface area contributed by atoms with Crippen LogP contribution in [0.15, 0.2) is 24.3 Å². The molecule has 21 heavy (non-hydrogen) atoms. The first-order valence-corrected chi connectivity index (χ1v) is 6.30. The average molecular weight is 314 g/mol. The largest absolute Gasteiger partial charge is 0.468 e. The number of esters is 2. The number of hydrogen-bond donors (Lipinski definition) is 0. The van der Waals surface area contributed by atoms with Crippen LogP contribution in [0.3, 0.4) is 0 Å². The fraction of sp³-hybridized carbons (Fsp3) is 0.308. The van der Waals surface area contributed by atoms with Gasteiger partial charge >= 0.3 is 17.7 Å². The van der Waals surface area contributed by atoms with Crippen molar-refractivity contribution in [3.05, 3.63) is 40.1 Å². The van der Waals surface area contributed by atoms with Gasteiger partial charge in [0, 0.05) is 5.02 Å². The first-order valence-electron chi connectivity index (χ1n) is 5.92. The topological polar surface area (TPSA) is 87.9 Å². The smallest absolute Gasteiger partial charge is 0.405 e. The summed E-state index contributed by atoms with van der Waals surface area (Å²) < 4.78 is 9.16. The third-order valence-electron chi connectivity index (χ3n) is 3.06. The lowest BCUT2D eigenvalue weighted by molar-refractivity contribution is -0.736. The Morgan fingerprint density at radius 3 is 2.38 bits per heavy atom. The summed E-state index contributed by atoms with van der Waals surface area (Å²) in [6, 6.07) is 6.34. The quantitative estimate of drug-likeness (QED) is 0.612. The molecule has 112 valence electrons.